The molecule has 0 atom stereocenters. The van der Waals surface area contributed by atoms with Gasteiger partial charge in [0.1, 0.15) is 0 Å². The summed E-state index contributed by atoms with van der Waals surface area (Å²) in [6, 6.07) is 3.64. The summed E-state index contributed by atoms with van der Waals surface area (Å²) < 4.78 is 25.8. The van der Waals surface area contributed by atoms with Crippen LogP contribution < -0.4 is 0 Å². The van der Waals surface area contributed by atoms with E-state index < -0.39 is 10.0 Å². The normalized spacial score (nSPS) is 17.4. The number of aryl methyl sites for hydroxylation is 1. The Labute approximate surface area is 112 Å². The zero-order valence-corrected chi connectivity index (χ0v) is 11.4. The second-order valence-corrected chi connectivity index (χ2v) is 6.58. The van der Waals surface area contributed by atoms with Crippen LogP contribution in [0.2, 0.25) is 0 Å². The largest absolute Gasteiger partial charge is 0.411 e. The van der Waals surface area contributed by atoms with Crippen LogP contribution in [-0.4, -0.2) is 47.5 Å². The monoisotopic (exact) mass is 283 g/mol. The average Bonchev–Trinajstić information content (AvgIpc) is 2.46. The van der Waals surface area contributed by atoms with Crippen LogP contribution in [0.5, 0.6) is 0 Å². The minimum atomic E-state index is -3.24. The van der Waals surface area contributed by atoms with Gasteiger partial charge in [-0.1, -0.05) is 5.16 Å². The highest BCUT2D eigenvalue weighted by Gasteiger charge is 2.25. The summed E-state index contributed by atoms with van der Waals surface area (Å²) in [5.74, 6) is 0.0998. The minimum absolute atomic E-state index is 0.0998. The van der Waals surface area contributed by atoms with Gasteiger partial charge in [-0.15, -0.1) is 0 Å². The van der Waals surface area contributed by atoms with E-state index >= 15 is 0 Å². The van der Waals surface area contributed by atoms with Crippen molar-refractivity contribution < 1.29 is 13.6 Å². The summed E-state index contributed by atoms with van der Waals surface area (Å²) in [5.41, 5.74) is 1.63. The SMILES string of the molecule is O=S(=O)(CCc1ccncc1)N1CCC(=NO)CC1. The molecule has 0 aromatic carbocycles. The Balaban J connectivity index is 1.92. The number of aromatic nitrogens is 1. The van der Waals surface area contributed by atoms with Crippen LogP contribution >= 0.6 is 0 Å². The van der Waals surface area contributed by atoms with Crippen LogP contribution in [0, 0.1) is 0 Å². The Hall–Kier alpha value is -1.47. The van der Waals surface area contributed by atoms with Crippen LogP contribution in [0.1, 0.15) is 18.4 Å². The average molecular weight is 283 g/mol. The van der Waals surface area contributed by atoms with E-state index in [9.17, 15) is 8.42 Å². The molecule has 7 heteroatoms. The van der Waals surface area contributed by atoms with Gasteiger partial charge in [-0.05, 0) is 24.1 Å². The smallest absolute Gasteiger partial charge is 0.214 e. The van der Waals surface area contributed by atoms with Crippen molar-refractivity contribution in [3.05, 3.63) is 30.1 Å². The number of oxime groups is 1. The molecule has 0 aliphatic carbocycles. The molecule has 19 heavy (non-hydrogen) atoms. The van der Waals surface area contributed by atoms with Crippen molar-refractivity contribution in [2.24, 2.45) is 5.16 Å². The lowest BCUT2D eigenvalue weighted by atomic mass is 10.1. The number of nitrogens with zero attached hydrogens (tertiary/aromatic N) is 3. The van der Waals surface area contributed by atoms with Crippen molar-refractivity contribution >= 4 is 15.7 Å². The van der Waals surface area contributed by atoms with Crippen LogP contribution in [0.25, 0.3) is 0 Å². The van der Waals surface area contributed by atoms with Gasteiger partial charge >= 0.3 is 0 Å². The number of piperidine rings is 1. The minimum Gasteiger partial charge on any atom is -0.411 e. The molecule has 1 N–H and O–H groups in total. The van der Waals surface area contributed by atoms with Crippen molar-refractivity contribution in [1.82, 2.24) is 9.29 Å². The molecule has 2 rings (SSSR count). The number of pyridine rings is 1. The number of rotatable bonds is 4. The summed E-state index contributed by atoms with van der Waals surface area (Å²) in [5, 5.41) is 11.8. The Bertz CT molecular complexity index is 533. The Morgan fingerprint density at radius 3 is 2.47 bits per heavy atom. The third-order valence-corrected chi connectivity index (χ3v) is 5.10. The molecular formula is C12H17N3O3S. The van der Waals surface area contributed by atoms with Crippen LogP contribution in [0.4, 0.5) is 0 Å². The second kappa shape index (κ2) is 6.12. The molecule has 1 aromatic heterocycles. The molecular weight excluding hydrogens is 266 g/mol. The highest BCUT2D eigenvalue weighted by molar-refractivity contribution is 7.89. The molecule has 104 valence electrons. The fourth-order valence-electron chi connectivity index (χ4n) is 2.05. The van der Waals surface area contributed by atoms with Crippen molar-refractivity contribution in [2.45, 2.75) is 19.3 Å². The predicted molar refractivity (Wildman–Crippen MR) is 71.8 cm³/mol. The maximum absolute atomic E-state index is 12.2. The molecule has 0 unspecified atom stereocenters. The lowest BCUT2D eigenvalue weighted by Crippen LogP contribution is -2.40. The highest BCUT2D eigenvalue weighted by Crippen LogP contribution is 2.13. The molecule has 1 fully saturated rings. The first-order valence-electron chi connectivity index (χ1n) is 6.18. The van der Waals surface area contributed by atoms with E-state index in [-0.39, 0.29) is 5.75 Å². The van der Waals surface area contributed by atoms with Gasteiger partial charge in [0, 0.05) is 38.3 Å². The Morgan fingerprint density at radius 1 is 1.26 bits per heavy atom. The van der Waals surface area contributed by atoms with Crippen LogP contribution in [0.15, 0.2) is 29.7 Å². The molecule has 1 saturated heterocycles. The zero-order chi connectivity index (χ0) is 13.7. The van der Waals surface area contributed by atoms with E-state index in [2.05, 4.69) is 10.1 Å². The quantitative estimate of drug-likeness (QED) is 0.657. The van der Waals surface area contributed by atoms with E-state index in [0.717, 1.165) is 5.56 Å². The van der Waals surface area contributed by atoms with Gasteiger partial charge in [0.2, 0.25) is 10.0 Å². The van der Waals surface area contributed by atoms with Gasteiger partial charge in [-0.3, -0.25) is 4.98 Å². The predicted octanol–water partition coefficient (Wildman–Crippen LogP) is 0.880. The molecule has 6 nitrogen and oxygen atoms in total. The van der Waals surface area contributed by atoms with Gasteiger partial charge in [-0.2, -0.15) is 0 Å². The van der Waals surface area contributed by atoms with Gasteiger partial charge < -0.3 is 5.21 Å². The molecule has 0 amide bonds. The molecule has 0 spiro atoms. The van der Waals surface area contributed by atoms with E-state index in [1.54, 1.807) is 12.4 Å². The summed E-state index contributed by atoms with van der Waals surface area (Å²) in [6.45, 7) is 0.802. The molecule has 1 aliphatic heterocycles. The highest BCUT2D eigenvalue weighted by atomic mass is 32.2. The van der Waals surface area contributed by atoms with Crippen LogP contribution in [0.3, 0.4) is 0 Å². The van der Waals surface area contributed by atoms with Crippen molar-refractivity contribution in [3.8, 4) is 0 Å². The van der Waals surface area contributed by atoms with E-state index in [4.69, 9.17) is 5.21 Å². The third kappa shape index (κ3) is 3.74. The summed E-state index contributed by atoms with van der Waals surface area (Å²) in [6.07, 6.45) is 4.82. The van der Waals surface area contributed by atoms with Gasteiger partial charge in [0.15, 0.2) is 0 Å². The van der Waals surface area contributed by atoms with Crippen LogP contribution in [-0.2, 0) is 16.4 Å². The summed E-state index contributed by atoms with van der Waals surface area (Å²) >= 11 is 0. The van der Waals surface area contributed by atoms with Crippen molar-refractivity contribution in [2.75, 3.05) is 18.8 Å². The standard InChI is InChI=1S/C12H17N3O3S/c16-14-12-3-8-15(9-4-12)19(17,18)10-5-11-1-6-13-7-2-11/h1-2,6-7,16H,3-5,8-10H2. The first-order valence-corrected chi connectivity index (χ1v) is 7.79. The third-order valence-electron chi connectivity index (χ3n) is 3.23. The van der Waals surface area contributed by atoms with E-state index in [0.29, 0.717) is 38.1 Å². The molecule has 1 aliphatic rings. The molecule has 1 aromatic rings. The summed E-state index contributed by atoms with van der Waals surface area (Å²) in [7, 11) is -3.24. The van der Waals surface area contributed by atoms with Crippen molar-refractivity contribution in [1.29, 1.82) is 0 Å². The lowest BCUT2D eigenvalue weighted by Gasteiger charge is -2.26. The topological polar surface area (TPSA) is 82.9 Å². The van der Waals surface area contributed by atoms with E-state index in [1.807, 2.05) is 12.1 Å². The Morgan fingerprint density at radius 2 is 1.89 bits per heavy atom. The second-order valence-electron chi connectivity index (χ2n) is 4.49. The van der Waals surface area contributed by atoms with Crippen molar-refractivity contribution in [3.63, 3.8) is 0 Å². The maximum atomic E-state index is 12.2. The molecule has 0 saturated carbocycles. The number of hydrogen-bond acceptors (Lipinski definition) is 5. The van der Waals surface area contributed by atoms with Gasteiger partial charge in [0.05, 0.1) is 11.5 Å². The summed E-state index contributed by atoms with van der Waals surface area (Å²) in [4.78, 5) is 3.90. The molecule has 0 radical (unpaired) electrons. The lowest BCUT2D eigenvalue weighted by molar-refractivity contribution is 0.310. The molecule has 0 bridgehead atoms. The fourth-order valence-corrected chi connectivity index (χ4v) is 3.54. The van der Waals surface area contributed by atoms with E-state index in [1.165, 1.54) is 4.31 Å². The first-order chi connectivity index (χ1) is 9.12. The first kappa shape index (κ1) is 14.0. The zero-order valence-electron chi connectivity index (χ0n) is 10.6. The number of sulfonamides is 1. The maximum Gasteiger partial charge on any atom is 0.214 e. The van der Waals surface area contributed by atoms with Gasteiger partial charge in [-0.25, -0.2) is 12.7 Å². The molecule has 2 heterocycles. The number of hydrogen-bond donors (Lipinski definition) is 1. The van der Waals surface area contributed by atoms with Gasteiger partial charge in [0.25, 0.3) is 0 Å². The Kier molecular flexibility index (Phi) is 4.49. The fraction of sp³-hybridized carbons (Fsp3) is 0.500.